The number of ether oxygens (including phenoxy) is 2. The van der Waals surface area contributed by atoms with E-state index in [2.05, 4.69) is 13.4 Å². The van der Waals surface area contributed by atoms with Gasteiger partial charge in [0, 0.05) is 12.3 Å². The molecule has 0 aliphatic carbocycles. The maximum absolute atomic E-state index is 12.1. The summed E-state index contributed by atoms with van der Waals surface area (Å²) < 4.78 is 47.9. The molecule has 11 atom stereocenters. The predicted molar refractivity (Wildman–Crippen MR) is 115 cm³/mol. The van der Waals surface area contributed by atoms with Gasteiger partial charge in [-0.05, 0) is 0 Å². The molecule has 3 heterocycles. The van der Waals surface area contributed by atoms with Crippen LogP contribution in [0.5, 0.6) is 0 Å². The summed E-state index contributed by atoms with van der Waals surface area (Å²) in [5.41, 5.74) is -4.24. The molecule has 2 fully saturated rings. The number of rotatable bonds is 11. The minimum absolute atomic E-state index is 0. The summed E-state index contributed by atoms with van der Waals surface area (Å²) in [6, 6.07) is 0.907. The van der Waals surface area contributed by atoms with Gasteiger partial charge in [0.05, 0.1) is 26.4 Å². The number of aromatic amines is 1. The Hall–Kier alpha value is 0.580. The van der Waals surface area contributed by atoms with E-state index < -0.39 is 108 Å². The molecule has 1 aromatic heterocycles. The van der Waals surface area contributed by atoms with E-state index in [1.54, 1.807) is 0 Å². The van der Waals surface area contributed by atoms with E-state index in [4.69, 9.17) is 9.47 Å². The smallest absolute Gasteiger partial charge is 0.756 e. The molecule has 0 aromatic carbocycles. The molecule has 2 saturated heterocycles. The Morgan fingerprint density at radius 3 is 2.10 bits per heavy atom. The summed E-state index contributed by atoms with van der Waals surface area (Å²) >= 11 is 0. The van der Waals surface area contributed by atoms with Crippen molar-refractivity contribution in [1.29, 1.82) is 0 Å². The SMILES string of the molecule is O=c1ccn([C@@H]2O[C@H](COP(=O)([O-])OP(=O)([O-])OC[C@]3(CO)O[C@H](CO)[C@H](O)[C@H](O)[C@H]3O)[C@@H](O)[C@H]2O)c(=O)[nH]1.[Na+].[Na+]. The molecule has 0 spiro atoms. The average molecular weight is 654 g/mol. The number of nitrogens with one attached hydrogen (secondary N) is 1. The molecule has 1 aromatic rings. The molecule has 41 heavy (non-hydrogen) atoms. The number of hydrogen-bond acceptors (Lipinski definition) is 18. The van der Waals surface area contributed by atoms with Crippen molar-refractivity contribution in [2.24, 2.45) is 0 Å². The average Bonchev–Trinajstić information content (AvgIpc) is 3.14. The largest absolute Gasteiger partial charge is 1.00 e. The van der Waals surface area contributed by atoms with Gasteiger partial charge in [-0.25, -0.2) is 9.11 Å². The number of hydrogen-bond donors (Lipinski definition) is 8. The van der Waals surface area contributed by atoms with Crippen molar-refractivity contribution in [3.8, 4) is 0 Å². The predicted octanol–water partition coefficient (Wildman–Crippen LogP) is -12.6. The molecule has 0 saturated carbocycles. The molecule has 20 nitrogen and oxygen atoms in total. The number of H-pyrrole nitrogens is 1. The van der Waals surface area contributed by atoms with Gasteiger partial charge < -0.3 is 64.1 Å². The van der Waals surface area contributed by atoms with Crippen LogP contribution in [0.3, 0.4) is 0 Å². The second-order valence-electron chi connectivity index (χ2n) is 8.60. The summed E-state index contributed by atoms with van der Waals surface area (Å²) in [7, 11) is -11.7. The molecule has 8 N–H and O–H groups in total. The fourth-order valence-electron chi connectivity index (χ4n) is 3.85. The Kier molecular flexibility index (Phi) is 15.2. The Morgan fingerprint density at radius 2 is 1.54 bits per heavy atom. The van der Waals surface area contributed by atoms with E-state index in [1.165, 1.54) is 0 Å². The van der Waals surface area contributed by atoms with Crippen LogP contribution in [0.25, 0.3) is 0 Å². The maximum Gasteiger partial charge on any atom is 1.00 e. The van der Waals surface area contributed by atoms with Gasteiger partial charge in [-0.3, -0.25) is 23.5 Å². The zero-order valence-electron chi connectivity index (χ0n) is 21.6. The second-order valence-corrected chi connectivity index (χ2v) is 11.6. The molecular weight excluding hydrogens is 628 g/mol. The zero-order chi connectivity index (χ0) is 29.3. The monoisotopic (exact) mass is 654 g/mol. The van der Waals surface area contributed by atoms with E-state index in [1.807, 2.05) is 4.98 Å². The number of aromatic nitrogens is 2. The van der Waals surface area contributed by atoms with Crippen LogP contribution >= 0.6 is 15.6 Å². The number of aliphatic hydroxyl groups is 7. The first-order valence-electron chi connectivity index (χ1n) is 11.0. The fraction of sp³-hybridized carbons (Fsp3) is 0.765. The number of phosphoric acid groups is 2. The molecule has 2 aliphatic heterocycles. The quantitative estimate of drug-likeness (QED) is 0.0811. The van der Waals surface area contributed by atoms with Crippen molar-refractivity contribution in [2.75, 3.05) is 26.4 Å². The summed E-state index contributed by atoms with van der Waals surface area (Å²) in [5, 5.41) is 69.0. The van der Waals surface area contributed by atoms with Gasteiger partial charge in [0.2, 0.25) is 0 Å². The van der Waals surface area contributed by atoms with Crippen LogP contribution in [0.15, 0.2) is 21.9 Å². The molecule has 0 amide bonds. The fourth-order valence-corrected chi connectivity index (χ4v) is 5.91. The van der Waals surface area contributed by atoms with Gasteiger partial charge in [0.25, 0.3) is 21.2 Å². The van der Waals surface area contributed by atoms with Crippen LogP contribution in [0, 0.1) is 0 Å². The first kappa shape index (κ1) is 39.6. The first-order valence-corrected chi connectivity index (χ1v) is 13.9. The van der Waals surface area contributed by atoms with E-state index in [0.717, 1.165) is 12.3 Å². The summed E-state index contributed by atoms with van der Waals surface area (Å²) in [4.78, 5) is 49.2. The van der Waals surface area contributed by atoms with Crippen LogP contribution in [0.4, 0.5) is 0 Å². The Labute approximate surface area is 274 Å². The second kappa shape index (κ2) is 15.7. The number of aliphatic hydroxyl groups excluding tert-OH is 7. The van der Waals surface area contributed by atoms with Crippen LogP contribution in [-0.4, -0.2) is 120 Å². The van der Waals surface area contributed by atoms with Gasteiger partial charge in [-0.1, -0.05) is 0 Å². The van der Waals surface area contributed by atoms with E-state index in [-0.39, 0.29) is 59.1 Å². The standard InChI is InChI=1S/C17H28N2O18P2.2Na/c20-3-7-10(23)12(25)14(27)17(5-21,36-7)6-34-39(31,32)37-38(29,30)33-4-8-11(24)13(26)15(35-8)19-2-1-9(22)18-16(19)28;;/h1-2,7-8,10-15,20-21,23-27H,3-6H2,(H,29,30)(H,31,32)(H,18,22,28);;/q;2*+1/p-2/t7-,8-,10+,11-,12+,13-,14-,15-,17+;;/m1../s1. The third-order valence-electron chi connectivity index (χ3n) is 5.95. The van der Waals surface area contributed by atoms with Gasteiger partial charge >= 0.3 is 64.8 Å². The van der Waals surface area contributed by atoms with Crippen LogP contribution in [-0.2, 0) is 32.0 Å². The van der Waals surface area contributed by atoms with E-state index >= 15 is 0 Å². The van der Waals surface area contributed by atoms with Crippen LogP contribution in [0.1, 0.15) is 6.23 Å². The van der Waals surface area contributed by atoms with Crippen molar-refractivity contribution in [1.82, 2.24) is 9.55 Å². The third kappa shape index (κ3) is 9.30. The molecule has 2 aliphatic rings. The summed E-state index contributed by atoms with van der Waals surface area (Å²) in [5.74, 6) is 0. The Morgan fingerprint density at radius 1 is 0.951 bits per heavy atom. The summed E-state index contributed by atoms with van der Waals surface area (Å²) in [6.07, 6.45) is -13.6. The number of phosphoric ester groups is 2. The van der Waals surface area contributed by atoms with Gasteiger partial charge in [0.15, 0.2) is 6.23 Å². The molecule has 24 heteroatoms. The number of nitrogens with zero attached hydrogens (tertiary/aromatic N) is 1. The molecular formula is C17H26N2Na2O18P2. The zero-order valence-corrected chi connectivity index (χ0v) is 27.4. The van der Waals surface area contributed by atoms with Crippen molar-refractivity contribution in [2.45, 2.75) is 54.6 Å². The summed E-state index contributed by atoms with van der Waals surface area (Å²) in [6.45, 7) is -4.63. The topological polar surface area (TPSA) is 323 Å². The van der Waals surface area contributed by atoms with Gasteiger partial charge in [-0.15, -0.1) is 0 Å². The first-order chi connectivity index (χ1) is 18.1. The maximum atomic E-state index is 12.1. The molecule has 224 valence electrons. The van der Waals surface area contributed by atoms with Crippen molar-refractivity contribution in [3.05, 3.63) is 33.1 Å². The van der Waals surface area contributed by atoms with Crippen molar-refractivity contribution < 1.29 is 137 Å². The van der Waals surface area contributed by atoms with Crippen molar-refractivity contribution >= 4 is 15.6 Å². The van der Waals surface area contributed by atoms with Crippen LogP contribution in [0.2, 0.25) is 0 Å². The minimum atomic E-state index is -5.88. The normalized spacial score (nSPS) is 36.4. The third-order valence-corrected chi connectivity index (χ3v) is 8.46. The molecule has 3 rings (SSSR count). The molecule has 2 unspecified atom stereocenters. The van der Waals surface area contributed by atoms with E-state index in [0.29, 0.717) is 4.57 Å². The molecule has 0 radical (unpaired) electrons. The van der Waals surface area contributed by atoms with Crippen LogP contribution < -0.4 is 80.2 Å². The minimum Gasteiger partial charge on any atom is -0.756 e. The van der Waals surface area contributed by atoms with Gasteiger partial charge in [0.1, 0.15) is 48.3 Å². The Bertz CT molecular complexity index is 1220. The van der Waals surface area contributed by atoms with Crippen molar-refractivity contribution in [3.63, 3.8) is 0 Å². The van der Waals surface area contributed by atoms with E-state index in [9.17, 15) is 64.3 Å². The molecule has 0 bridgehead atoms. The Balaban J connectivity index is 0.00000420. The van der Waals surface area contributed by atoms with Gasteiger partial charge in [-0.2, -0.15) is 0 Å².